The lowest BCUT2D eigenvalue weighted by Crippen LogP contribution is -2.07. The molecule has 0 bridgehead atoms. The summed E-state index contributed by atoms with van der Waals surface area (Å²) < 4.78 is 5.32. The molecule has 16 heavy (non-hydrogen) atoms. The molecular weight excluding hydrogens is 208 g/mol. The van der Waals surface area contributed by atoms with E-state index in [0.29, 0.717) is 24.7 Å². The van der Waals surface area contributed by atoms with Crippen LogP contribution in [0.3, 0.4) is 0 Å². The van der Waals surface area contributed by atoms with Crippen molar-refractivity contribution in [2.24, 2.45) is 0 Å². The van der Waals surface area contributed by atoms with E-state index >= 15 is 0 Å². The van der Waals surface area contributed by atoms with Crippen LogP contribution in [0.5, 0.6) is 5.88 Å². The lowest BCUT2D eigenvalue weighted by Gasteiger charge is -2.08. The molecule has 0 unspecified atom stereocenters. The summed E-state index contributed by atoms with van der Waals surface area (Å²) in [5.41, 5.74) is 5.54. The highest BCUT2D eigenvalue weighted by Crippen LogP contribution is 2.14. The third kappa shape index (κ3) is 4.31. The van der Waals surface area contributed by atoms with E-state index in [9.17, 15) is 0 Å². The van der Waals surface area contributed by atoms with Crippen molar-refractivity contribution in [3.63, 3.8) is 0 Å². The third-order valence-corrected chi connectivity index (χ3v) is 1.83. The fraction of sp³-hybridized carbons (Fsp3) is 0.600. The summed E-state index contributed by atoms with van der Waals surface area (Å²) in [5, 5.41) is 11.7. The molecule has 0 radical (unpaired) electrons. The van der Waals surface area contributed by atoms with Crippen molar-refractivity contribution in [3.05, 3.63) is 6.07 Å². The number of nitrogens with two attached hydrogens (primary N) is 1. The number of aromatic nitrogens is 2. The second kappa shape index (κ2) is 6.84. The van der Waals surface area contributed by atoms with Crippen LogP contribution < -0.4 is 15.8 Å². The van der Waals surface area contributed by atoms with Crippen molar-refractivity contribution in [1.82, 2.24) is 9.97 Å². The third-order valence-electron chi connectivity index (χ3n) is 1.83. The van der Waals surface area contributed by atoms with Gasteiger partial charge in [0, 0.05) is 25.6 Å². The Morgan fingerprint density at radius 3 is 3.00 bits per heavy atom. The Bertz CT molecular complexity index is 320. The first-order chi connectivity index (χ1) is 7.76. The molecule has 0 atom stereocenters. The van der Waals surface area contributed by atoms with E-state index in [1.54, 1.807) is 6.07 Å². The molecule has 4 N–H and O–H groups in total. The van der Waals surface area contributed by atoms with Gasteiger partial charge in [-0.1, -0.05) is 6.92 Å². The van der Waals surface area contributed by atoms with Crippen LogP contribution in [0.2, 0.25) is 0 Å². The summed E-state index contributed by atoms with van der Waals surface area (Å²) in [6, 6.07) is 1.70. The van der Waals surface area contributed by atoms with Crippen LogP contribution in [0.15, 0.2) is 6.07 Å². The molecule has 0 aliphatic heterocycles. The molecule has 6 nitrogen and oxygen atoms in total. The summed E-state index contributed by atoms with van der Waals surface area (Å²) in [6.07, 6.45) is 1.58. The molecule has 1 heterocycles. The Kier molecular flexibility index (Phi) is 5.35. The Morgan fingerprint density at radius 2 is 2.31 bits per heavy atom. The van der Waals surface area contributed by atoms with E-state index in [2.05, 4.69) is 22.2 Å². The molecule has 6 heteroatoms. The van der Waals surface area contributed by atoms with Crippen molar-refractivity contribution < 1.29 is 9.84 Å². The van der Waals surface area contributed by atoms with Crippen LogP contribution in [0, 0.1) is 0 Å². The lowest BCUT2D eigenvalue weighted by atomic mass is 10.4. The van der Waals surface area contributed by atoms with Gasteiger partial charge in [0.15, 0.2) is 0 Å². The predicted molar refractivity (Wildman–Crippen MR) is 62.4 cm³/mol. The number of nitrogens with one attached hydrogen (secondary N) is 1. The molecule has 1 aromatic rings. The SMILES string of the molecule is CCCNc1cc(OCCCO)nc(N)n1. The fourth-order valence-corrected chi connectivity index (χ4v) is 1.10. The smallest absolute Gasteiger partial charge is 0.225 e. The van der Waals surface area contributed by atoms with Crippen LogP contribution in [0.25, 0.3) is 0 Å². The molecule has 90 valence electrons. The maximum atomic E-state index is 8.62. The first-order valence-electron chi connectivity index (χ1n) is 5.38. The van der Waals surface area contributed by atoms with Crippen LogP contribution >= 0.6 is 0 Å². The van der Waals surface area contributed by atoms with E-state index in [1.165, 1.54) is 0 Å². The highest BCUT2D eigenvalue weighted by atomic mass is 16.5. The van der Waals surface area contributed by atoms with Crippen LogP contribution in [0.4, 0.5) is 11.8 Å². The van der Waals surface area contributed by atoms with Gasteiger partial charge in [-0.25, -0.2) is 0 Å². The molecular formula is C10H18N4O2. The Balaban J connectivity index is 2.58. The van der Waals surface area contributed by atoms with Gasteiger partial charge < -0.3 is 20.9 Å². The Morgan fingerprint density at radius 1 is 1.50 bits per heavy atom. The molecule has 0 aliphatic rings. The standard InChI is InChI=1S/C10H18N4O2/c1-2-4-12-8-7-9(14-10(11)13-8)16-6-3-5-15/h7,15H,2-6H2,1H3,(H3,11,12,13,14). The average molecular weight is 226 g/mol. The van der Waals surface area contributed by atoms with E-state index in [1.807, 2.05) is 0 Å². The second-order valence-electron chi connectivity index (χ2n) is 3.30. The molecule has 0 spiro atoms. The Labute approximate surface area is 94.9 Å². The number of aliphatic hydroxyl groups is 1. The number of nitrogens with zero attached hydrogens (tertiary/aromatic N) is 2. The van der Waals surface area contributed by atoms with Gasteiger partial charge in [0.05, 0.1) is 6.61 Å². The topological polar surface area (TPSA) is 93.3 Å². The lowest BCUT2D eigenvalue weighted by molar-refractivity contribution is 0.229. The summed E-state index contributed by atoms with van der Waals surface area (Å²) in [4.78, 5) is 7.96. The number of ether oxygens (including phenoxy) is 1. The van der Waals surface area contributed by atoms with Crippen LogP contribution in [-0.4, -0.2) is 34.8 Å². The number of nitrogen functional groups attached to an aromatic ring is 1. The molecule has 0 saturated carbocycles. The quantitative estimate of drug-likeness (QED) is 0.591. The van der Waals surface area contributed by atoms with Gasteiger partial charge in [-0.15, -0.1) is 0 Å². The van der Waals surface area contributed by atoms with Crippen LogP contribution in [-0.2, 0) is 0 Å². The minimum absolute atomic E-state index is 0.0987. The van der Waals surface area contributed by atoms with E-state index < -0.39 is 0 Å². The van der Waals surface area contributed by atoms with Crippen molar-refractivity contribution in [1.29, 1.82) is 0 Å². The summed E-state index contributed by atoms with van der Waals surface area (Å²) >= 11 is 0. The highest BCUT2D eigenvalue weighted by molar-refractivity contribution is 5.42. The number of aliphatic hydroxyl groups excluding tert-OH is 1. The number of hydrogen-bond acceptors (Lipinski definition) is 6. The summed E-state index contributed by atoms with van der Waals surface area (Å²) in [5.74, 6) is 1.27. The zero-order valence-corrected chi connectivity index (χ0v) is 9.44. The van der Waals surface area contributed by atoms with Gasteiger partial charge in [0.1, 0.15) is 5.82 Å². The monoisotopic (exact) mass is 226 g/mol. The largest absolute Gasteiger partial charge is 0.477 e. The first kappa shape index (κ1) is 12.5. The van der Waals surface area contributed by atoms with E-state index in [-0.39, 0.29) is 12.6 Å². The average Bonchev–Trinajstić information content (AvgIpc) is 2.26. The number of anilines is 2. The van der Waals surface area contributed by atoms with Gasteiger partial charge in [0.25, 0.3) is 0 Å². The van der Waals surface area contributed by atoms with Gasteiger partial charge in [-0.05, 0) is 6.42 Å². The highest BCUT2D eigenvalue weighted by Gasteiger charge is 2.02. The van der Waals surface area contributed by atoms with E-state index in [4.69, 9.17) is 15.6 Å². The van der Waals surface area contributed by atoms with Crippen LogP contribution in [0.1, 0.15) is 19.8 Å². The van der Waals surface area contributed by atoms with Gasteiger partial charge >= 0.3 is 0 Å². The molecule has 0 amide bonds. The number of hydrogen-bond donors (Lipinski definition) is 3. The second-order valence-corrected chi connectivity index (χ2v) is 3.30. The molecule has 0 aliphatic carbocycles. The van der Waals surface area contributed by atoms with E-state index in [0.717, 1.165) is 13.0 Å². The van der Waals surface area contributed by atoms with Crippen molar-refractivity contribution in [2.75, 3.05) is 30.8 Å². The minimum Gasteiger partial charge on any atom is -0.477 e. The first-order valence-corrected chi connectivity index (χ1v) is 5.38. The van der Waals surface area contributed by atoms with Crippen molar-refractivity contribution >= 4 is 11.8 Å². The zero-order valence-electron chi connectivity index (χ0n) is 9.44. The zero-order chi connectivity index (χ0) is 11.8. The maximum absolute atomic E-state index is 8.62. The normalized spacial score (nSPS) is 10.1. The van der Waals surface area contributed by atoms with Crippen molar-refractivity contribution in [2.45, 2.75) is 19.8 Å². The fourth-order valence-electron chi connectivity index (χ4n) is 1.10. The number of rotatable bonds is 7. The summed E-state index contributed by atoms with van der Waals surface area (Å²) in [6.45, 7) is 3.41. The maximum Gasteiger partial charge on any atom is 0.225 e. The molecule has 1 aromatic heterocycles. The molecule has 0 aromatic carbocycles. The Hall–Kier alpha value is -1.56. The van der Waals surface area contributed by atoms with Gasteiger partial charge in [-0.2, -0.15) is 9.97 Å². The predicted octanol–water partition coefficient (Wildman–Crippen LogP) is 0.642. The molecule has 0 fully saturated rings. The van der Waals surface area contributed by atoms with Crippen molar-refractivity contribution in [3.8, 4) is 5.88 Å². The molecule has 0 saturated heterocycles. The summed E-state index contributed by atoms with van der Waals surface area (Å²) in [7, 11) is 0. The van der Waals surface area contributed by atoms with Gasteiger partial charge in [0.2, 0.25) is 11.8 Å². The van der Waals surface area contributed by atoms with Gasteiger partial charge in [-0.3, -0.25) is 0 Å². The molecule has 1 rings (SSSR count). The minimum atomic E-state index is 0.0987.